The lowest BCUT2D eigenvalue weighted by atomic mass is 10.2. The fraction of sp³-hybridized carbons (Fsp3) is 0. The molecule has 0 aliphatic rings. The number of carboxylic acid groups (broad SMARTS) is 1. The van der Waals surface area contributed by atoms with Gasteiger partial charge in [0.2, 0.25) is 0 Å². The van der Waals surface area contributed by atoms with Gasteiger partial charge in [0.25, 0.3) is 10.0 Å². The summed E-state index contributed by atoms with van der Waals surface area (Å²) in [6, 6.07) is 3.24. The Morgan fingerprint density at radius 3 is 2.76 bits per heavy atom. The van der Waals surface area contributed by atoms with E-state index in [0.29, 0.717) is 0 Å². The monoisotopic (exact) mass is 312 g/mol. The van der Waals surface area contributed by atoms with Crippen LogP contribution in [0.15, 0.2) is 46.2 Å². The van der Waals surface area contributed by atoms with Crippen molar-refractivity contribution in [2.24, 2.45) is 0 Å². The number of hydrogen-bond acceptors (Lipinski definition) is 5. The lowest BCUT2D eigenvalue weighted by Crippen LogP contribution is -2.14. The van der Waals surface area contributed by atoms with Crippen LogP contribution in [0.1, 0.15) is 5.56 Å². The van der Waals surface area contributed by atoms with E-state index < -0.39 is 26.7 Å². The van der Waals surface area contributed by atoms with Crippen LogP contribution in [-0.2, 0) is 14.8 Å². The zero-order chi connectivity index (χ0) is 15.5. The Bertz CT molecular complexity index is 784. The Morgan fingerprint density at radius 2 is 2.19 bits per heavy atom. The fourth-order valence-electron chi connectivity index (χ4n) is 1.47. The lowest BCUT2D eigenvalue weighted by Gasteiger charge is -2.07. The van der Waals surface area contributed by atoms with Gasteiger partial charge in [-0.3, -0.25) is 4.72 Å². The molecule has 0 fully saturated rings. The highest BCUT2D eigenvalue weighted by Crippen LogP contribution is 2.20. The third-order valence-electron chi connectivity index (χ3n) is 2.35. The summed E-state index contributed by atoms with van der Waals surface area (Å²) in [5.41, 5.74) is 0.281. The van der Waals surface area contributed by atoms with Gasteiger partial charge in [-0.15, -0.1) is 0 Å². The van der Waals surface area contributed by atoms with Crippen LogP contribution in [0.25, 0.3) is 6.08 Å². The predicted octanol–water partition coefficient (Wildman–Crippen LogP) is 1.71. The topological polar surface area (TPSA) is 110 Å². The van der Waals surface area contributed by atoms with Crippen LogP contribution in [0.4, 0.5) is 10.1 Å². The largest absolute Gasteiger partial charge is 0.478 e. The molecule has 1 aromatic carbocycles. The van der Waals surface area contributed by atoms with Crippen LogP contribution < -0.4 is 4.72 Å². The Balaban J connectivity index is 2.30. The third-order valence-corrected chi connectivity index (χ3v) is 3.76. The summed E-state index contributed by atoms with van der Waals surface area (Å²) in [4.78, 5) is 9.79. The highest BCUT2D eigenvalue weighted by molar-refractivity contribution is 7.92. The number of anilines is 1. The number of aliphatic carboxylic acids is 1. The van der Waals surface area contributed by atoms with Gasteiger partial charge in [0.1, 0.15) is 22.7 Å². The number of aromatic nitrogens is 1. The maximum Gasteiger partial charge on any atom is 0.328 e. The van der Waals surface area contributed by atoms with Crippen molar-refractivity contribution < 1.29 is 27.2 Å². The van der Waals surface area contributed by atoms with Gasteiger partial charge in [-0.1, -0.05) is 11.2 Å². The molecule has 0 spiro atoms. The van der Waals surface area contributed by atoms with E-state index in [2.05, 4.69) is 14.4 Å². The summed E-state index contributed by atoms with van der Waals surface area (Å²) < 4.78 is 44.3. The number of benzene rings is 1. The van der Waals surface area contributed by atoms with Gasteiger partial charge < -0.3 is 9.63 Å². The summed E-state index contributed by atoms with van der Waals surface area (Å²) in [6.07, 6.45) is 4.15. The summed E-state index contributed by atoms with van der Waals surface area (Å²) >= 11 is 0. The zero-order valence-electron chi connectivity index (χ0n) is 10.4. The van der Waals surface area contributed by atoms with Crippen LogP contribution in [0.2, 0.25) is 0 Å². The van der Waals surface area contributed by atoms with Gasteiger partial charge in [0.05, 0.1) is 6.20 Å². The summed E-state index contributed by atoms with van der Waals surface area (Å²) in [6.45, 7) is 0. The predicted molar refractivity (Wildman–Crippen MR) is 70.4 cm³/mol. The summed E-state index contributed by atoms with van der Waals surface area (Å²) in [5, 5.41) is 11.8. The molecule has 2 rings (SSSR count). The second-order valence-corrected chi connectivity index (χ2v) is 5.53. The molecule has 110 valence electrons. The second-order valence-electron chi connectivity index (χ2n) is 3.88. The molecule has 1 aromatic heterocycles. The third kappa shape index (κ3) is 3.66. The number of nitrogens with one attached hydrogen (secondary N) is 1. The van der Waals surface area contributed by atoms with Crippen LogP contribution in [0.3, 0.4) is 0 Å². The van der Waals surface area contributed by atoms with Crippen LogP contribution in [0.5, 0.6) is 0 Å². The van der Waals surface area contributed by atoms with Crippen molar-refractivity contribution in [3.63, 3.8) is 0 Å². The first-order chi connectivity index (χ1) is 9.88. The minimum absolute atomic E-state index is 0.0595. The number of rotatable bonds is 5. The lowest BCUT2D eigenvalue weighted by molar-refractivity contribution is -0.131. The molecule has 2 aromatic rings. The van der Waals surface area contributed by atoms with Crippen molar-refractivity contribution in [3.8, 4) is 0 Å². The van der Waals surface area contributed by atoms with Crippen molar-refractivity contribution in [2.45, 2.75) is 4.90 Å². The Hall–Kier alpha value is -2.68. The molecule has 7 nitrogen and oxygen atoms in total. The van der Waals surface area contributed by atoms with E-state index in [1.165, 1.54) is 6.07 Å². The van der Waals surface area contributed by atoms with Gasteiger partial charge in [0.15, 0.2) is 0 Å². The molecular weight excluding hydrogens is 303 g/mol. The maximum absolute atomic E-state index is 13.9. The molecule has 0 saturated heterocycles. The molecule has 0 atom stereocenters. The average Bonchev–Trinajstić information content (AvgIpc) is 2.88. The van der Waals surface area contributed by atoms with Gasteiger partial charge >= 0.3 is 5.97 Å². The van der Waals surface area contributed by atoms with Gasteiger partial charge in [0, 0.05) is 6.08 Å². The van der Waals surface area contributed by atoms with Crippen molar-refractivity contribution in [1.82, 2.24) is 5.16 Å². The van der Waals surface area contributed by atoms with Crippen LogP contribution in [-0.4, -0.2) is 24.7 Å². The van der Waals surface area contributed by atoms with E-state index >= 15 is 0 Å². The van der Waals surface area contributed by atoms with E-state index in [1.54, 1.807) is 0 Å². The Morgan fingerprint density at radius 1 is 1.43 bits per heavy atom. The van der Waals surface area contributed by atoms with E-state index in [0.717, 1.165) is 36.7 Å². The van der Waals surface area contributed by atoms with Crippen molar-refractivity contribution in [2.75, 3.05) is 4.72 Å². The van der Waals surface area contributed by atoms with Gasteiger partial charge in [-0.2, -0.15) is 0 Å². The minimum Gasteiger partial charge on any atom is -0.478 e. The summed E-state index contributed by atoms with van der Waals surface area (Å²) in [7, 11) is -4.13. The molecule has 1 heterocycles. The molecule has 0 saturated carbocycles. The Kier molecular flexibility index (Phi) is 4.03. The van der Waals surface area contributed by atoms with Crippen LogP contribution >= 0.6 is 0 Å². The van der Waals surface area contributed by atoms with E-state index in [1.807, 2.05) is 0 Å². The molecule has 0 aliphatic carbocycles. The molecule has 0 radical (unpaired) electrons. The number of nitrogens with zero attached hydrogens (tertiary/aromatic N) is 1. The number of halogens is 1. The van der Waals surface area contributed by atoms with Crippen LogP contribution in [0, 0.1) is 5.82 Å². The number of carboxylic acids is 1. The molecule has 2 N–H and O–H groups in total. The molecule has 0 amide bonds. The Labute approximate surface area is 118 Å². The second kappa shape index (κ2) is 5.75. The summed E-state index contributed by atoms with van der Waals surface area (Å²) in [5.74, 6) is -2.20. The maximum atomic E-state index is 13.9. The molecule has 0 bridgehead atoms. The first-order valence-electron chi connectivity index (χ1n) is 5.51. The van der Waals surface area contributed by atoms with Crippen molar-refractivity contribution in [1.29, 1.82) is 0 Å². The highest BCUT2D eigenvalue weighted by atomic mass is 32.2. The number of hydrogen-bond donors (Lipinski definition) is 2. The first kappa shape index (κ1) is 14.7. The first-order valence-corrected chi connectivity index (χ1v) is 6.99. The van der Waals surface area contributed by atoms with Crippen molar-refractivity contribution >= 4 is 27.8 Å². The number of sulfonamides is 1. The fourth-order valence-corrected chi connectivity index (χ4v) is 2.56. The standard InChI is InChI=1S/C12H9FN2O5S/c13-10-5-8(2-4-12(16)17)1-3-11(10)21(18,19)15-9-6-14-20-7-9/h1-7,15H,(H,16,17)/b4-2+. The minimum atomic E-state index is -4.13. The molecule has 0 unspecified atom stereocenters. The average molecular weight is 312 g/mol. The molecular formula is C12H9FN2O5S. The number of carbonyl (C=O) groups is 1. The smallest absolute Gasteiger partial charge is 0.328 e. The zero-order valence-corrected chi connectivity index (χ0v) is 11.2. The quantitative estimate of drug-likeness (QED) is 0.813. The molecule has 21 heavy (non-hydrogen) atoms. The SMILES string of the molecule is O=C(O)/C=C/c1ccc(S(=O)(=O)Nc2cnoc2)c(F)c1. The highest BCUT2D eigenvalue weighted by Gasteiger charge is 2.19. The van der Waals surface area contributed by atoms with Gasteiger partial charge in [-0.05, 0) is 23.8 Å². The van der Waals surface area contributed by atoms with E-state index in [9.17, 15) is 17.6 Å². The normalized spacial score (nSPS) is 11.7. The van der Waals surface area contributed by atoms with Gasteiger partial charge in [-0.25, -0.2) is 17.6 Å². The molecule has 0 aliphatic heterocycles. The van der Waals surface area contributed by atoms with E-state index in [4.69, 9.17) is 5.11 Å². The molecule has 9 heteroatoms. The van der Waals surface area contributed by atoms with E-state index in [-0.39, 0.29) is 11.3 Å². The van der Waals surface area contributed by atoms with Crippen molar-refractivity contribution in [3.05, 3.63) is 48.1 Å².